The second kappa shape index (κ2) is 10.1. The Morgan fingerprint density at radius 1 is 1.14 bits per heavy atom. The second-order valence-corrected chi connectivity index (χ2v) is 9.30. The van der Waals surface area contributed by atoms with E-state index in [2.05, 4.69) is 38.4 Å². The number of nitrogens with zero attached hydrogens (tertiary/aromatic N) is 5. The van der Waals surface area contributed by atoms with E-state index in [1.807, 2.05) is 19.1 Å². The molecule has 0 amide bonds. The van der Waals surface area contributed by atoms with E-state index in [-0.39, 0.29) is 17.5 Å². The molecular weight excluding hydrogens is 447 g/mol. The third-order valence-corrected chi connectivity index (χ3v) is 6.62. The number of ether oxygens (including phenoxy) is 1. The highest BCUT2D eigenvalue weighted by Gasteiger charge is 2.22. The summed E-state index contributed by atoms with van der Waals surface area (Å²) in [6.07, 6.45) is 2.14. The standard InChI is InChI=1S/C26H29FN6O2/c1-17-5-6-18(2)25-23(17)12-20(26(34)28-25)14-32(15-22-4-3-11-35-22)16-24-29-30-31-33(24)13-19-7-9-21(27)10-8-19/h5-10,12,22H,3-4,11,13-16H2,1-2H3,(H,28,34)/t22-/m0/s1. The lowest BCUT2D eigenvalue weighted by molar-refractivity contribution is 0.0663. The van der Waals surface area contributed by atoms with Gasteiger partial charge in [-0.25, -0.2) is 9.07 Å². The Morgan fingerprint density at radius 2 is 1.94 bits per heavy atom. The first-order valence-corrected chi connectivity index (χ1v) is 11.9. The van der Waals surface area contributed by atoms with Crippen LogP contribution in [-0.4, -0.2) is 49.3 Å². The topological polar surface area (TPSA) is 88.9 Å². The van der Waals surface area contributed by atoms with E-state index in [0.717, 1.165) is 47.0 Å². The van der Waals surface area contributed by atoms with E-state index in [1.165, 1.54) is 12.1 Å². The molecule has 1 fully saturated rings. The molecule has 1 aliphatic heterocycles. The van der Waals surface area contributed by atoms with Gasteiger partial charge in [-0.05, 0) is 72.0 Å². The Morgan fingerprint density at radius 3 is 2.71 bits per heavy atom. The van der Waals surface area contributed by atoms with E-state index >= 15 is 0 Å². The van der Waals surface area contributed by atoms with Gasteiger partial charge in [0.1, 0.15) is 5.82 Å². The normalized spacial score (nSPS) is 15.9. The molecule has 0 aliphatic carbocycles. The van der Waals surface area contributed by atoms with Gasteiger partial charge in [0.25, 0.3) is 5.56 Å². The van der Waals surface area contributed by atoms with Gasteiger partial charge in [-0.2, -0.15) is 0 Å². The first-order chi connectivity index (χ1) is 17.0. The van der Waals surface area contributed by atoms with Crippen LogP contribution < -0.4 is 5.56 Å². The number of aromatic nitrogens is 5. The summed E-state index contributed by atoms with van der Waals surface area (Å²) < 4.78 is 20.9. The molecule has 0 bridgehead atoms. The SMILES string of the molecule is Cc1ccc(C)c2[nH]c(=O)c(CN(Cc3nnnn3Cc3ccc(F)cc3)C[C@@H]3CCCO3)cc12. The van der Waals surface area contributed by atoms with Crippen molar-refractivity contribution in [3.63, 3.8) is 0 Å². The van der Waals surface area contributed by atoms with Crippen LogP contribution in [0, 0.1) is 19.7 Å². The van der Waals surface area contributed by atoms with Crippen LogP contribution in [0.3, 0.4) is 0 Å². The highest BCUT2D eigenvalue weighted by atomic mass is 19.1. The molecule has 0 saturated carbocycles. The number of aryl methyl sites for hydroxylation is 2. The summed E-state index contributed by atoms with van der Waals surface area (Å²) in [5.41, 5.74) is 4.56. The molecule has 4 aromatic rings. The molecule has 9 heteroatoms. The Hall–Kier alpha value is -3.43. The summed E-state index contributed by atoms with van der Waals surface area (Å²) in [4.78, 5) is 18.3. The third-order valence-electron chi connectivity index (χ3n) is 6.62. The summed E-state index contributed by atoms with van der Waals surface area (Å²) in [6.45, 7) is 6.83. The van der Waals surface area contributed by atoms with Crippen molar-refractivity contribution in [2.24, 2.45) is 0 Å². The van der Waals surface area contributed by atoms with Crippen molar-refractivity contribution in [3.8, 4) is 0 Å². The van der Waals surface area contributed by atoms with Crippen LogP contribution in [-0.2, 0) is 24.4 Å². The van der Waals surface area contributed by atoms with E-state index in [0.29, 0.717) is 37.6 Å². The minimum atomic E-state index is -0.278. The molecule has 0 spiro atoms. The molecule has 1 saturated heterocycles. The van der Waals surface area contributed by atoms with Crippen LogP contribution in [0.15, 0.2) is 47.3 Å². The van der Waals surface area contributed by atoms with Crippen molar-refractivity contribution in [3.05, 3.63) is 86.7 Å². The van der Waals surface area contributed by atoms with Crippen LogP contribution in [0.4, 0.5) is 4.39 Å². The minimum absolute atomic E-state index is 0.0885. The first-order valence-electron chi connectivity index (χ1n) is 11.9. The summed E-state index contributed by atoms with van der Waals surface area (Å²) in [5, 5.41) is 13.3. The second-order valence-electron chi connectivity index (χ2n) is 9.30. The molecule has 2 aromatic carbocycles. The Bertz CT molecular complexity index is 1380. The van der Waals surface area contributed by atoms with Crippen LogP contribution >= 0.6 is 0 Å². The predicted octanol–water partition coefficient (Wildman–Crippen LogP) is 3.50. The monoisotopic (exact) mass is 476 g/mol. The lowest BCUT2D eigenvalue weighted by Crippen LogP contribution is -2.34. The summed E-state index contributed by atoms with van der Waals surface area (Å²) in [5.74, 6) is 0.399. The van der Waals surface area contributed by atoms with E-state index in [1.54, 1.807) is 16.8 Å². The minimum Gasteiger partial charge on any atom is -0.377 e. The summed E-state index contributed by atoms with van der Waals surface area (Å²) >= 11 is 0. The molecule has 1 aliphatic rings. The number of hydrogen-bond donors (Lipinski definition) is 1. The van der Waals surface area contributed by atoms with Crippen molar-refractivity contribution in [1.82, 2.24) is 30.1 Å². The Labute approximate surface area is 202 Å². The number of aromatic amines is 1. The number of rotatable bonds is 8. The van der Waals surface area contributed by atoms with E-state index in [4.69, 9.17) is 4.74 Å². The molecule has 0 radical (unpaired) electrons. The first kappa shape index (κ1) is 23.3. The number of H-pyrrole nitrogens is 1. The maximum Gasteiger partial charge on any atom is 0.252 e. The Balaban J connectivity index is 1.42. The van der Waals surface area contributed by atoms with Crippen molar-refractivity contribution in [2.45, 2.75) is 52.4 Å². The number of nitrogens with one attached hydrogen (secondary N) is 1. The van der Waals surface area contributed by atoms with Crippen LogP contribution in [0.1, 0.15) is 40.9 Å². The highest BCUT2D eigenvalue weighted by molar-refractivity contribution is 5.85. The van der Waals surface area contributed by atoms with Crippen molar-refractivity contribution in [2.75, 3.05) is 13.2 Å². The zero-order chi connectivity index (χ0) is 24.4. The molecule has 0 unspecified atom stereocenters. The van der Waals surface area contributed by atoms with Gasteiger partial charge in [0, 0.05) is 30.6 Å². The molecule has 8 nitrogen and oxygen atoms in total. The number of fused-ring (bicyclic) bond motifs is 1. The van der Waals surface area contributed by atoms with Crippen LogP contribution in [0.2, 0.25) is 0 Å². The fourth-order valence-corrected chi connectivity index (χ4v) is 4.66. The smallest absolute Gasteiger partial charge is 0.252 e. The van der Waals surface area contributed by atoms with Crippen LogP contribution in [0.5, 0.6) is 0 Å². The molecule has 3 heterocycles. The number of tetrazole rings is 1. The Kier molecular flexibility index (Phi) is 6.70. The molecule has 2 aromatic heterocycles. The van der Waals surface area contributed by atoms with Gasteiger partial charge in [-0.3, -0.25) is 9.69 Å². The highest BCUT2D eigenvalue weighted by Crippen LogP contribution is 2.21. The largest absolute Gasteiger partial charge is 0.377 e. The maximum absolute atomic E-state index is 13.3. The number of hydrogen-bond acceptors (Lipinski definition) is 6. The van der Waals surface area contributed by atoms with Gasteiger partial charge in [0.2, 0.25) is 0 Å². The van der Waals surface area contributed by atoms with Crippen molar-refractivity contribution in [1.29, 1.82) is 0 Å². The lowest BCUT2D eigenvalue weighted by Gasteiger charge is -2.24. The zero-order valence-electron chi connectivity index (χ0n) is 20.0. The third kappa shape index (κ3) is 5.31. The van der Waals surface area contributed by atoms with Crippen LogP contribution in [0.25, 0.3) is 10.9 Å². The molecule has 1 N–H and O–H groups in total. The van der Waals surface area contributed by atoms with Gasteiger partial charge in [-0.1, -0.05) is 24.3 Å². The lowest BCUT2D eigenvalue weighted by atomic mass is 10.0. The number of benzene rings is 2. The average molecular weight is 477 g/mol. The number of halogens is 1. The summed E-state index contributed by atoms with van der Waals surface area (Å²) in [6, 6.07) is 12.4. The fourth-order valence-electron chi connectivity index (χ4n) is 4.66. The van der Waals surface area contributed by atoms with Gasteiger partial charge >= 0.3 is 0 Å². The molecule has 182 valence electrons. The fraction of sp³-hybridized carbons (Fsp3) is 0.385. The zero-order valence-corrected chi connectivity index (χ0v) is 20.0. The molecule has 5 rings (SSSR count). The van der Waals surface area contributed by atoms with E-state index in [9.17, 15) is 9.18 Å². The van der Waals surface area contributed by atoms with Gasteiger partial charge in [0.15, 0.2) is 5.82 Å². The molecular formula is C26H29FN6O2. The molecule has 1 atom stereocenters. The average Bonchev–Trinajstić information content (AvgIpc) is 3.51. The number of pyridine rings is 1. The summed E-state index contributed by atoms with van der Waals surface area (Å²) in [7, 11) is 0. The van der Waals surface area contributed by atoms with Gasteiger partial charge < -0.3 is 9.72 Å². The van der Waals surface area contributed by atoms with E-state index < -0.39 is 0 Å². The quantitative estimate of drug-likeness (QED) is 0.419. The molecule has 35 heavy (non-hydrogen) atoms. The van der Waals surface area contributed by atoms with Crippen molar-refractivity contribution >= 4 is 10.9 Å². The van der Waals surface area contributed by atoms with Gasteiger partial charge in [0.05, 0.1) is 24.7 Å². The maximum atomic E-state index is 13.3. The van der Waals surface area contributed by atoms with Crippen molar-refractivity contribution < 1.29 is 9.13 Å². The van der Waals surface area contributed by atoms with Gasteiger partial charge in [-0.15, -0.1) is 5.10 Å². The predicted molar refractivity (Wildman–Crippen MR) is 130 cm³/mol.